The summed E-state index contributed by atoms with van der Waals surface area (Å²) in [6, 6.07) is 4.88. The van der Waals surface area contributed by atoms with Crippen LogP contribution in [0.2, 0.25) is 10.0 Å². The van der Waals surface area contributed by atoms with E-state index >= 15 is 0 Å². The predicted octanol–water partition coefficient (Wildman–Crippen LogP) is 2.70. The van der Waals surface area contributed by atoms with Gasteiger partial charge in [-0.15, -0.1) is 0 Å². The van der Waals surface area contributed by atoms with Crippen LogP contribution < -0.4 is 0 Å². The summed E-state index contributed by atoms with van der Waals surface area (Å²) >= 11 is 11.9. The number of imidazole rings is 1. The molecule has 0 unspecified atom stereocenters. The molecule has 2 rings (SSSR count). The Labute approximate surface area is 115 Å². The first-order chi connectivity index (χ1) is 8.42. The van der Waals surface area contributed by atoms with E-state index in [0.717, 1.165) is 0 Å². The smallest absolute Gasteiger partial charge is 0.227 e. The molecule has 0 radical (unpaired) electrons. The maximum atomic E-state index is 12.2. The Hall–Kier alpha value is -1.04. The van der Waals surface area contributed by atoms with Gasteiger partial charge in [0.2, 0.25) is 15.0 Å². The van der Waals surface area contributed by atoms with Crippen molar-refractivity contribution in [1.82, 2.24) is 9.55 Å². The van der Waals surface area contributed by atoms with Gasteiger partial charge in [0.05, 0.1) is 5.75 Å². The largest absolute Gasteiger partial charge is 0.325 e. The fraction of sp³-hybridized carbons (Fsp3) is 0.182. The van der Waals surface area contributed by atoms with E-state index in [1.165, 1.54) is 10.8 Å². The molecule has 1 aromatic carbocycles. The van der Waals surface area contributed by atoms with Gasteiger partial charge < -0.3 is 4.57 Å². The molecule has 0 saturated heterocycles. The molecule has 0 fully saturated rings. The molecule has 0 aliphatic rings. The molecular weight excluding hydrogens is 295 g/mol. The fourth-order valence-electron chi connectivity index (χ4n) is 1.58. The van der Waals surface area contributed by atoms with Crippen molar-refractivity contribution in [3.63, 3.8) is 0 Å². The number of halogens is 2. The molecule has 0 N–H and O–H groups in total. The lowest BCUT2D eigenvalue weighted by Gasteiger charge is -2.07. The van der Waals surface area contributed by atoms with Crippen molar-refractivity contribution in [1.29, 1.82) is 0 Å². The molecule has 96 valence electrons. The number of nitrogens with zero attached hydrogens (tertiary/aromatic N) is 2. The summed E-state index contributed by atoms with van der Waals surface area (Å²) in [5.41, 5.74) is 0.392. The predicted molar refractivity (Wildman–Crippen MR) is 70.6 cm³/mol. The molecule has 1 aromatic heterocycles. The molecule has 18 heavy (non-hydrogen) atoms. The summed E-state index contributed by atoms with van der Waals surface area (Å²) in [7, 11) is -1.94. The van der Waals surface area contributed by atoms with E-state index in [4.69, 9.17) is 23.2 Å². The molecule has 0 atom stereocenters. The molecule has 0 amide bonds. The Morgan fingerprint density at radius 2 is 1.89 bits per heavy atom. The van der Waals surface area contributed by atoms with Gasteiger partial charge in [0.15, 0.2) is 0 Å². The van der Waals surface area contributed by atoms with Crippen LogP contribution in [-0.2, 0) is 22.6 Å². The van der Waals surface area contributed by atoms with E-state index in [0.29, 0.717) is 15.6 Å². The highest BCUT2D eigenvalue weighted by Crippen LogP contribution is 2.27. The molecule has 1 heterocycles. The lowest BCUT2D eigenvalue weighted by Crippen LogP contribution is -2.11. The summed E-state index contributed by atoms with van der Waals surface area (Å²) in [6.07, 6.45) is 3.00. The summed E-state index contributed by atoms with van der Waals surface area (Å²) in [5, 5.41) is 0.666. The molecule has 0 aliphatic carbocycles. The van der Waals surface area contributed by atoms with Crippen molar-refractivity contribution in [2.45, 2.75) is 10.9 Å². The van der Waals surface area contributed by atoms with Gasteiger partial charge in [-0.05, 0) is 12.1 Å². The zero-order chi connectivity index (χ0) is 13.3. The van der Waals surface area contributed by atoms with E-state index in [1.807, 2.05) is 0 Å². The highest BCUT2D eigenvalue weighted by Gasteiger charge is 2.22. The van der Waals surface area contributed by atoms with E-state index in [9.17, 15) is 8.42 Å². The number of benzene rings is 1. The Bertz CT molecular complexity index is 660. The highest BCUT2D eigenvalue weighted by molar-refractivity contribution is 7.90. The van der Waals surface area contributed by atoms with Gasteiger partial charge in [0, 0.05) is 35.1 Å². The van der Waals surface area contributed by atoms with Crippen LogP contribution in [0.4, 0.5) is 0 Å². The van der Waals surface area contributed by atoms with Crippen molar-refractivity contribution in [3.05, 3.63) is 46.2 Å². The summed E-state index contributed by atoms with van der Waals surface area (Å²) in [6.45, 7) is 0. The minimum Gasteiger partial charge on any atom is -0.325 e. The third-order valence-electron chi connectivity index (χ3n) is 2.45. The molecule has 7 heteroatoms. The third-order valence-corrected chi connectivity index (χ3v) is 4.78. The lowest BCUT2D eigenvalue weighted by atomic mass is 10.2. The van der Waals surface area contributed by atoms with Crippen molar-refractivity contribution >= 4 is 33.0 Å². The fourth-order valence-corrected chi connectivity index (χ4v) is 3.81. The summed E-state index contributed by atoms with van der Waals surface area (Å²) in [4.78, 5) is 3.83. The second-order valence-electron chi connectivity index (χ2n) is 3.78. The highest BCUT2D eigenvalue weighted by atomic mass is 35.5. The van der Waals surface area contributed by atoms with Gasteiger partial charge in [0.25, 0.3) is 0 Å². The number of hydrogen-bond acceptors (Lipinski definition) is 3. The number of sulfone groups is 1. The van der Waals surface area contributed by atoms with Crippen molar-refractivity contribution < 1.29 is 8.42 Å². The lowest BCUT2D eigenvalue weighted by molar-refractivity contribution is 0.578. The van der Waals surface area contributed by atoms with Gasteiger partial charge in [-0.2, -0.15) is 0 Å². The monoisotopic (exact) mass is 304 g/mol. The Morgan fingerprint density at radius 3 is 2.39 bits per heavy atom. The van der Waals surface area contributed by atoms with E-state index in [1.54, 1.807) is 31.4 Å². The van der Waals surface area contributed by atoms with E-state index in [2.05, 4.69) is 4.98 Å². The van der Waals surface area contributed by atoms with Crippen LogP contribution in [0.1, 0.15) is 5.56 Å². The Kier molecular flexibility index (Phi) is 3.66. The normalized spacial score (nSPS) is 11.7. The topological polar surface area (TPSA) is 52.0 Å². The summed E-state index contributed by atoms with van der Waals surface area (Å²) < 4.78 is 25.8. The van der Waals surface area contributed by atoms with Crippen molar-refractivity contribution in [2.24, 2.45) is 7.05 Å². The number of hydrogen-bond donors (Lipinski definition) is 0. The van der Waals surface area contributed by atoms with E-state index < -0.39 is 9.84 Å². The maximum absolute atomic E-state index is 12.2. The van der Waals surface area contributed by atoms with Crippen molar-refractivity contribution in [3.8, 4) is 0 Å². The van der Waals surface area contributed by atoms with Gasteiger partial charge in [-0.25, -0.2) is 13.4 Å². The average Bonchev–Trinajstić information content (AvgIpc) is 2.71. The van der Waals surface area contributed by atoms with Crippen molar-refractivity contribution in [2.75, 3.05) is 0 Å². The van der Waals surface area contributed by atoms with Crippen LogP contribution in [0.3, 0.4) is 0 Å². The second kappa shape index (κ2) is 4.91. The van der Waals surface area contributed by atoms with Crippen LogP contribution in [0, 0.1) is 0 Å². The second-order valence-corrected chi connectivity index (χ2v) is 6.48. The zero-order valence-electron chi connectivity index (χ0n) is 9.47. The van der Waals surface area contributed by atoms with Crippen LogP contribution in [0.5, 0.6) is 0 Å². The third kappa shape index (κ3) is 2.53. The first kappa shape index (κ1) is 13.4. The number of aryl methyl sites for hydroxylation is 1. The van der Waals surface area contributed by atoms with Gasteiger partial charge in [-0.1, -0.05) is 29.3 Å². The number of rotatable bonds is 3. The molecule has 4 nitrogen and oxygen atoms in total. The van der Waals surface area contributed by atoms with Crippen LogP contribution >= 0.6 is 23.2 Å². The zero-order valence-corrected chi connectivity index (χ0v) is 11.8. The molecule has 0 spiro atoms. The average molecular weight is 305 g/mol. The summed E-state index contributed by atoms with van der Waals surface area (Å²) in [5.74, 6) is -0.268. The van der Waals surface area contributed by atoms with E-state index in [-0.39, 0.29) is 10.9 Å². The van der Waals surface area contributed by atoms with Gasteiger partial charge in [0.1, 0.15) is 0 Å². The molecule has 2 aromatic rings. The first-order valence-electron chi connectivity index (χ1n) is 5.05. The van der Waals surface area contributed by atoms with Crippen LogP contribution in [0.15, 0.2) is 35.7 Å². The molecule has 0 aliphatic heterocycles. The molecule has 0 saturated carbocycles. The first-order valence-corrected chi connectivity index (χ1v) is 7.45. The standard InChI is InChI=1S/C11H10Cl2N2O2S/c1-15-6-5-14-11(15)18(16,17)7-8-9(12)3-2-4-10(8)13/h2-6H,7H2,1H3. The van der Waals surface area contributed by atoms with Crippen LogP contribution in [0.25, 0.3) is 0 Å². The minimum absolute atomic E-state index is 0.00140. The van der Waals surface area contributed by atoms with Gasteiger partial charge in [-0.3, -0.25) is 0 Å². The quantitative estimate of drug-likeness (QED) is 0.876. The number of aromatic nitrogens is 2. The van der Waals surface area contributed by atoms with Crippen LogP contribution in [-0.4, -0.2) is 18.0 Å². The van der Waals surface area contributed by atoms with Gasteiger partial charge >= 0.3 is 0 Å². The molecule has 0 bridgehead atoms. The maximum Gasteiger partial charge on any atom is 0.227 e. The Balaban J connectivity index is 2.44. The Morgan fingerprint density at radius 1 is 1.28 bits per heavy atom. The minimum atomic E-state index is -3.56. The molecular formula is C11H10Cl2N2O2S. The SMILES string of the molecule is Cn1ccnc1S(=O)(=O)Cc1c(Cl)cccc1Cl.